The molecule has 2 rings (SSSR count). The van der Waals surface area contributed by atoms with E-state index in [-0.39, 0.29) is 5.02 Å². The maximum atomic E-state index is 13.5. The fraction of sp³-hybridized carbons (Fsp3) is 0.188. The standard InChI is InChI=1S/C16H9ClF6O2/c17-12-8-6-10(7-9-12)13(24)25-14(15(18,19)20,16(21,22)23)11-4-2-1-3-5-11/h1-9H. The Hall–Kier alpha value is -2.22. The Balaban J connectivity index is 2.59. The summed E-state index contributed by atoms with van der Waals surface area (Å²) in [6, 6.07) is 8.61. The highest BCUT2D eigenvalue weighted by molar-refractivity contribution is 6.30. The van der Waals surface area contributed by atoms with Gasteiger partial charge in [0.1, 0.15) is 0 Å². The van der Waals surface area contributed by atoms with Crippen LogP contribution in [-0.4, -0.2) is 18.3 Å². The van der Waals surface area contributed by atoms with E-state index in [0.29, 0.717) is 12.1 Å². The highest BCUT2D eigenvalue weighted by atomic mass is 35.5. The van der Waals surface area contributed by atoms with Crippen LogP contribution in [0.3, 0.4) is 0 Å². The predicted molar refractivity (Wildman–Crippen MR) is 77.1 cm³/mol. The van der Waals surface area contributed by atoms with Crippen molar-refractivity contribution in [2.24, 2.45) is 0 Å². The van der Waals surface area contributed by atoms with Crippen LogP contribution in [0.2, 0.25) is 5.02 Å². The Bertz CT molecular complexity index is 724. The van der Waals surface area contributed by atoms with Crippen LogP contribution in [0.5, 0.6) is 0 Å². The van der Waals surface area contributed by atoms with Crippen LogP contribution >= 0.6 is 11.6 Å². The topological polar surface area (TPSA) is 26.3 Å². The first-order chi connectivity index (χ1) is 11.5. The van der Waals surface area contributed by atoms with Crippen molar-refractivity contribution >= 4 is 17.6 Å². The number of ether oxygens (including phenoxy) is 1. The molecule has 0 aliphatic carbocycles. The van der Waals surface area contributed by atoms with Gasteiger partial charge in [-0.25, -0.2) is 4.79 Å². The first-order valence-corrected chi connectivity index (χ1v) is 7.05. The van der Waals surface area contributed by atoms with Gasteiger partial charge in [0.25, 0.3) is 0 Å². The molecule has 0 saturated heterocycles. The lowest BCUT2D eigenvalue weighted by Gasteiger charge is -2.36. The number of esters is 1. The van der Waals surface area contributed by atoms with Crippen molar-refractivity contribution < 1.29 is 35.9 Å². The highest BCUT2D eigenvalue weighted by Gasteiger charge is 2.75. The van der Waals surface area contributed by atoms with Gasteiger partial charge >= 0.3 is 23.9 Å². The van der Waals surface area contributed by atoms with Gasteiger partial charge in [0.2, 0.25) is 0 Å². The van der Waals surface area contributed by atoms with Crippen molar-refractivity contribution in [3.8, 4) is 0 Å². The largest absolute Gasteiger partial charge is 0.442 e. The molecule has 9 heteroatoms. The van der Waals surface area contributed by atoms with Gasteiger partial charge in [0.15, 0.2) is 0 Å². The predicted octanol–water partition coefficient (Wildman–Crippen LogP) is 5.52. The van der Waals surface area contributed by atoms with E-state index in [1.54, 1.807) is 0 Å². The molecule has 2 aromatic carbocycles. The Labute approximate surface area is 143 Å². The second-order valence-corrected chi connectivity index (χ2v) is 5.38. The molecule has 0 bridgehead atoms. The van der Waals surface area contributed by atoms with Gasteiger partial charge in [0.05, 0.1) is 5.56 Å². The molecule has 0 amide bonds. The van der Waals surface area contributed by atoms with Crippen molar-refractivity contribution in [3.05, 3.63) is 70.7 Å². The summed E-state index contributed by atoms with van der Waals surface area (Å²) < 4.78 is 84.9. The quantitative estimate of drug-likeness (QED) is 0.516. The number of alkyl halides is 6. The molecule has 0 atom stereocenters. The molecule has 0 fully saturated rings. The summed E-state index contributed by atoms with van der Waals surface area (Å²) in [7, 11) is 0. The fourth-order valence-corrected chi connectivity index (χ4v) is 2.25. The lowest BCUT2D eigenvalue weighted by molar-refractivity contribution is -0.373. The second-order valence-electron chi connectivity index (χ2n) is 4.94. The number of carbonyl (C=O) groups is 1. The number of rotatable bonds is 3. The molecule has 0 aliphatic rings. The van der Waals surface area contributed by atoms with Crippen LogP contribution in [0.1, 0.15) is 15.9 Å². The van der Waals surface area contributed by atoms with Crippen LogP contribution in [0.25, 0.3) is 0 Å². The summed E-state index contributed by atoms with van der Waals surface area (Å²) in [4.78, 5) is 12.0. The minimum Gasteiger partial charge on any atom is -0.431 e. The van der Waals surface area contributed by atoms with E-state index >= 15 is 0 Å². The lowest BCUT2D eigenvalue weighted by Crippen LogP contribution is -2.56. The highest BCUT2D eigenvalue weighted by Crippen LogP contribution is 2.53. The van der Waals surface area contributed by atoms with Crippen LogP contribution < -0.4 is 0 Å². The van der Waals surface area contributed by atoms with Crippen molar-refractivity contribution in [3.63, 3.8) is 0 Å². The smallest absolute Gasteiger partial charge is 0.431 e. The molecule has 2 nitrogen and oxygen atoms in total. The van der Waals surface area contributed by atoms with E-state index in [0.717, 1.165) is 36.4 Å². The first kappa shape index (κ1) is 19.1. The molecule has 0 radical (unpaired) electrons. The SMILES string of the molecule is O=C(OC(c1ccccc1)(C(F)(F)F)C(F)(F)F)c1ccc(Cl)cc1. The van der Waals surface area contributed by atoms with Crippen molar-refractivity contribution in [1.82, 2.24) is 0 Å². The lowest BCUT2D eigenvalue weighted by atomic mass is 9.91. The van der Waals surface area contributed by atoms with E-state index in [2.05, 4.69) is 4.74 Å². The van der Waals surface area contributed by atoms with Crippen molar-refractivity contribution in [2.75, 3.05) is 0 Å². The summed E-state index contributed by atoms with van der Waals surface area (Å²) in [5.41, 5.74) is -6.55. The van der Waals surface area contributed by atoms with E-state index in [1.165, 1.54) is 6.07 Å². The Morgan fingerprint density at radius 1 is 0.800 bits per heavy atom. The minimum atomic E-state index is -5.94. The van der Waals surface area contributed by atoms with E-state index in [9.17, 15) is 31.1 Å². The third kappa shape index (κ3) is 3.58. The molecule has 0 N–H and O–H groups in total. The maximum Gasteiger partial charge on any atom is 0.442 e. The third-order valence-corrected chi connectivity index (χ3v) is 3.56. The summed E-state index contributed by atoms with van der Waals surface area (Å²) in [5, 5.41) is 0.150. The van der Waals surface area contributed by atoms with Crippen molar-refractivity contribution in [1.29, 1.82) is 0 Å². The average molecular weight is 383 g/mol. The second kappa shape index (κ2) is 6.59. The number of halogens is 7. The number of benzene rings is 2. The molecule has 0 aliphatic heterocycles. The van der Waals surface area contributed by atoms with Gasteiger partial charge in [-0.1, -0.05) is 41.9 Å². The Morgan fingerprint density at radius 2 is 1.28 bits per heavy atom. The molecule has 134 valence electrons. The molecular weight excluding hydrogens is 374 g/mol. The third-order valence-electron chi connectivity index (χ3n) is 3.30. The zero-order valence-corrected chi connectivity index (χ0v) is 12.9. The molecule has 0 spiro atoms. The van der Waals surface area contributed by atoms with Gasteiger partial charge in [0, 0.05) is 10.6 Å². The van der Waals surface area contributed by atoms with Gasteiger partial charge in [-0.2, -0.15) is 26.3 Å². The van der Waals surface area contributed by atoms with Crippen LogP contribution in [0, 0.1) is 0 Å². The van der Waals surface area contributed by atoms with E-state index < -0.39 is 35.0 Å². The Morgan fingerprint density at radius 3 is 1.72 bits per heavy atom. The van der Waals surface area contributed by atoms with Crippen LogP contribution in [-0.2, 0) is 10.3 Å². The first-order valence-electron chi connectivity index (χ1n) is 6.67. The summed E-state index contributed by atoms with van der Waals surface area (Å²) in [6.45, 7) is 0. The normalized spacial score (nSPS) is 12.8. The monoisotopic (exact) mass is 382 g/mol. The number of hydrogen-bond acceptors (Lipinski definition) is 2. The molecule has 2 aromatic rings. The van der Waals surface area contributed by atoms with Gasteiger partial charge in [-0.05, 0) is 24.3 Å². The van der Waals surface area contributed by atoms with Crippen LogP contribution in [0.15, 0.2) is 54.6 Å². The molecule has 0 saturated carbocycles. The summed E-state index contributed by atoms with van der Waals surface area (Å²) in [6.07, 6.45) is -11.9. The zero-order chi connectivity index (χ0) is 18.9. The maximum absolute atomic E-state index is 13.5. The molecule has 0 heterocycles. The molecule has 0 unspecified atom stereocenters. The fourth-order valence-electron chi connectivity index (χ4n) is 2.12. The van der Waals surface area contributed by atoms with Gasteiger partial charge < -0.3 is 4.74 Å². The Kier molecular flexibility index (Phi) is 5.04. The molecule has 25 heavy (non-hydrogen) atoms. The summed E-state index contributed by atoms with van der Waals surface area (Å²) >= 11 is 5.58. The van der Waals surface area contributed by atoms with Gasteiger partial charge in [-0.3, -0.25) is 0 Å². The minimum absolute atomic E-state index is 0.150. The van der Waals surface area contributed by atoms with E-state index in [4.69, 9.17) is 11.6 Å². The molecular formula is C16H9ClF6O2. The number of carbonyl (C=O) groups excluding carboxylic acids is 1. The summed E-state index contributed by atoms with van der Waals surface area (Å²) in [5.74, 6) is -1.78. The van der Waals surface area contributed by atoms with Gasteiger partial charge in [-0.15, -0.1) is 0 Å². The zero-order valence-electron chi connectivity index (χ0n) is 12.2. The molecule has 0 aromatic heterocycles. The van der Waals surface area contributed by atoms with Crippen molar-refractivity contribution in [2.45, 2.75) is 18.0 Å². The van der Waals surface area contributed by atoms with E-state index in [1.807, 2.05) is 0 Å². The van der Waals surface area contributed by atoms with Crippen LogP contribution in [0.4, 0.5) is 26.3 Å². The number of hydrogen-bond donors (Lipinski definition) is 0. The average Bonchev–Trinajstić information content (AvgIpc) is 2.51.